The van der Waals surface area contributed by atoms with E-state index in [2.05, 4.69) is 25.0 Å². The molecule has 170 valence electrons. The molecule has 4 aromatic rings. The van der Waals surface area contributed by atoms with Crippen LogP contribution in [0.25, 0.3) is 22.2 Å². The van der Waals surface area contributed by atoms with Crippen molar-refractivity contribution in [3.63, 3.8) is 0 Å². The molecule has 2 aromatic heterocycles. The summed E-state index contributed by atoms with van der Waals surface area (Å²) in [6, 6.07) is 13.9. The Bertz CT molecular complexity index is 1460. The van der Waals surface area contributed by atoms with Gasteiger partial charge in [0.05, 0.1) is 22.9 Å². The van der Waals surface area contributed by atoms with E-state index in [0.29, 0.717) is 46.1 Å². The zero-order valence-corrected chi connectivity index (χ0v) is 19.3. The Labute approximate surface area is 194 Å². The van der Waals surface area contributed by atoms with E-state index in [9.17, 15) is 18.0 Å². The van der Waals surface area contributed by atoms with Gasteiger partial charge in [-0.3, -0.25) is 14.3 Å². The van der Waals surface area contributed by atoms with E-state index in [0.717, 1.165) is 11.8 Å². The van der Waals surface area contributed by atoms with Gasteiger partial charge in [0, 0.05) is 29.5 Å². The molecule has 9 nitrogen and oxygen atoms in total. The number of aromatic amines is 1. The number of rotatable bonds is 8. The van der Waals surface area contributed by atoms with Gasteiger partial charge in [0.15, 0.2) is 5.13 Å². The molecule has 1 amide bonds. The minimum Gasteiger partial charge on any atom is -0.310 e. The highest BCUT2D eigenvalue weighted by atomic mass is 32.2. The number of amides is 1. The maximum absolute atomic E-state index is 12.3. The number of thiazole rings is 1. The summed E-state index contributed by atoms with van der Waals surface area (Å²) in [7, 11) is -3.33. The third-order valence-corrected chi connectivity index (χ3v) is 6.08. The first-order valence-corrected chi connectivity index (χ1v) is 12.9. The third kappa shape index (κ3) is 6.02. The van der Waals surface area contributed by atoms with E-state index in [-0.39, 0.29) is 17.9 Å². The molecular weight excluding hydrogens is 462 g/mol. The minimum atomic E-state index is -3.33. The highest BCUT2D eigenvalue weighted by molar-refractivity contribution is 7.92. The second kappa shape index (κ2) is 9.51. The van der Waals surface area contributed by atoms with Crippen molar-refractivity contribution in [1.82, 2.24) is 15.0 Å². The zero-order valence-electron chi connectivity index (χ0n) is 17.7. The predicted molar refractivity (Wildman–Crippen MR) is 130 cm³/mol. The smallest absolute Gasteiger partial charge is 0.258 e. The second-order valence-electron chi connectivity index (χ2n) is 7.42. The van der Waals surface area contributed by atoms with Gasteiger partial charge in [0.2, 0.25) is 15.9 Å². The Morgan fingerprint density at radius 2 is 1.85 bits per heavy atom. The van der Waals surface area contributed by atoms with Crippen LogP contribution in [0.4, 0.5) is 10.8 Å². The van der Waals surface area contributed by atoms with Gasteiger partial charge in [0.1, 0.15) is 5.82 Å². The molecule has 2 heterocycles. The van der Waals surface area contributed by atoms with Crippen molar-refractivity contribution in [2.24, 2.45) is 0 Å². The van der Waals surface area contributed by atoms with Crippen LogP contribution in [0.1, 0.15) is 18.7 Å². The van der Waals surface area contributed by atoms with E-state index in [4.69, 9.17) is 0 Å². The number of hydrogen-bond acceptors (Lipinski definition) is 7. The number of fused-ring (bicyclic) bond motifs is 1. The molecule has 2 aromatic carbocycles. The first-order chi connectivity index (χ1) is 15.8. The van der Waals surface area contributed by atoms with Crippen molar-refractivity contribution >= 4 is 49.0 Å². The van der Waals surface area contributed by atoms with Crippen molar-refractivity contribution in [1.29, 1.82) is 0 Å². The number of para-hydroxylation sites is 1. The predicted octanol–water partition coefficient (Wildman–Crippen LogP) is 3.38. The molecule has 0 aliphatic carbocycles. The van der Waals surface area contributed by atoms with Gasteiger partial charge in [-0.2, -0.15) is 0 Å². The summed E-state index contributed by atoms with van der Waals surface area (Å²) < 4.78 is 25.0. The summed E-state index contributed by atoms with van der Waals surface area (Å²) in [4.78, 5) is 36.1. The number of carbonyl (C=O) groups excluding carboxylic acids is 1. The number of nitrogens with zero attached hydrogens (tertiary/aromatic N) is 2. The number of benzene rings is 2. The number of aromatic nitrogens is 3. The van der Waals surface area contributed by atoms with Crippen LogP contribution >= 0.6 is 11.3 Å². The maximum atomic E-state index is 12.3. The molecule has 33 heavy (non-hydrogen) atoms. The molecule has 0 radical (unpaired) electrons. The van der Waals surface area contributed by atoms with Gasteiger partial charge in [0.25, 0.3) is 5.56 Å². The average molecular weight is 484 g/mol. The number of hydrogen-bond donors (Lipinski definition) is 3. The third-order valence-electron chi connectivity index (χ3n) is 4.71. The molecule has 3 N–H and O–H groups in total. The van der Waals surface area contributed by atoms with E-state index in [1.165, 1.54) is 11.3 Å². The van der Waals surface area contributed by atoms with Gasteiger partial charge in [-0.25, -0.2) is 18.4 Å². The lowest BCUT2D eigenvalue weighted by Crippen LogP contribution is -2.14. The molecule has 0 bridgehead atoms. The molecule has 0 fully saturated rings. The van der Waals surface area contributed by atoms with Crippen LogP contribution in [0.15, 0.2) is 58.7 Å². The number of H-pyrrole nitrogens is 1. The topological polar surface area (TPSA) is 134 Å². The number of anilines is 2. The molecule has 11 heteroatoms. The van der Waals surface area contributed by atoms with Crippen molar-refractivity contribution in [3.8, 4) is 11.3 Å². The molecule has 0 saturated heterocycles. The van der Waals surface area contributed by atoms with Gasteiger partial charge < -0.3 is 10.3 Å². The fraction of sp³-hybridized carbons (Fsp3) is 0.182. The summed E-state index contributed by atoms with van der Waals surface area (Å²) in [5, 5.41) is 5.62. The van der Waals surface area contributed by atoms with E-state index in [1.54, 1.807) is 42.5 Å². The lowest BCUT2D eigenvalue weighted by Gasteiger charge is -2.04. The summed E-state index contributed by atoms with van der Waals surface area (Å²) >= 11 is 1.31. The van der Waals surface area contributed by atoms with E-state index >= 15 is 0 Å². The molecule has 0 spiro atoms. The van der Waals surface area contributed by atoms with Gasteiger partial charge in [-0.05, 0) is 30.7 Å². The highest BCUT2D eigenvalue weighted by Gasteiger charge is 2.10. The largest absolute Gasteiger partial charge is 0.310 e. The van der Waals surface area contributed by atoms with Crippen molar-refractivity contribution in [3.05, 3.63) is 70.1 Å². The number of carbonyl (C=O) groups is 1. The van der Waals surface area contributed by atoms with Crippen LogP contribution in [-0.2, 0) is 21.2 Å². The monoisotopic (exact) mass is 483 g/mol. The van der Waals surface area contributed by atoms with Crippen LogP contribution in [-0.4, -0.2) is 35.5 Å². The zero-order chi connectivity index (χ0) is 23.4. The minimum absolute atomic E-state index is 0.174. The quantitative estimate of drug-likeness (QED) is 0.352. The summed E-state index contributed by atoms with van der Waals surface area (Å²) in [6.07, 6.45) is 2.36. The highest BCUT2D eigenvalue weighted by Crippen LogP contribution is 2.26. The Kier molecular flexibility index (Phi) is 6.52. The Morgan fingerprint density at radius 3 is 2.61 bits per heavy atom. The molecule has 0 saturated carbocycles. The van der Waals surface area contributed by atoms with Crippen LogP contribution in [0.2, 0.25) is 0 Å². The standard InChI is InChI=1S/C22H21N5O4S2/c1-33(30,31)27-15-11-9-14(10-12-15)18-13-32-22(24-18)26-20(28)8-4-7-19-23-17-6-3-2-5-16(17)21(29)25-19/h2-3,5-6,9-13,27H,4,7-8H2,1H3,(H,23,25,29)(H,24,26,28). The number of aryl methyl sites for hydroxylation is 1. The second-order valence-corrected chi connectivity index (χ2v) is 10.0. The van der Waals surface area contributed by atoms with E-state index in [1.807, 2.05) is 11.4 Å². The van der Waals surface area contributed by atoms with E-state index < -0.39 is 10.0 Å². The number of sulfonamides is 1. The van der Waals surface area contributed by atoms with Crippen LogP contribution in [0.5, 0.6) is 0 Å². The lowest BCUT2D eigenvalue weighted by molar-refractivity contribution is -0.116. The lowest BCUT2D eigenvalue weighted by atomic mass is 10.1. The SMILES string of the molecule is CS(=O)(=O)Nc1ccc(-c2csc(NC(=O)CCCc3nc4ccccc4c(=O)[nH]3)n2)cc1. The van der Waals surface area contributed by atoms with Crippen molar-refractivity contribution in [2.75, 3.05) is 16.3 Å². The maximum Gasteiger partial charge on any atom is 0.258 e. The Morgan fingerprint density at radius 1 is 1.09 bits per heavy atom. The van der Waals surface area contributed by atoms with Crippen molar-refractivity contribution < 1.29 is 13.2 Å². The van der Waals surface area contributed by atoms with Gasteiger partial charge in [-0.15, -0.1) is 11.3 Å². The number of nitrogens with one attached hydrogen (secondary N) is 3. The summed E-state index contributed by atoms with van der Waals surface area (Å²) in [5.74, 6) is 0.378. The molecule has 0 aliphatic rings. The first-order valence-electron chi connectivity index (χ1n) is 10.1. The molecule has 0 atom stereocenters. The molecule has 0 aliphatic heterocycles. The molecule has 4 rings (SSSR count). The summed E-state index contributed by atoms with van der Waals surface area (Å²) in [5.41, 5.74) is 2.40. The van der Waals surface area contributed by atoms with Crippen LogP contribution in [0, 0.1) is 0 Å². The summed E-state index contributed by atoms with van der Waals surface area (Å²) in [6.45, 7) is 0. The molecule has 0 unspecified atom stereocenters. The van der Waals surface area contributed by atoms with Gasteiger partial charge in [-0.1, -0.05) is 24.3 Å². The Hall–Kier alpha value is -3.57. The normalized spacial score (nSPS) is 11.4. The van der Waals surface area contributed by atoms with Crippen molar-refractivity contribution in [2.45, 2.75) is 19.3 Å². The van der Waals surface area contributed by atoms with Crippen LogP contribution < -0.4 is 15.6 Å². The first kappa shape index (κ1) is 22.6. The fourth-order valence-corrected chi connectivity index (χ4v) is 4.54. The average Bonchev–Trinajstić information content (AvgIpc) is 3.21. The fourth-order valence-electron chi connectivity index (χ4n) is 3.24. The van der Waals surface area contributed by atoms with Crippen LogP contribution in [0.3, 0.4) is 0 Å². The molecular formula is C22H21N5O4S2. The van der Waals surface area contributed by atoms with Gasteiger partial charge >= 0.3 is 0 Å². The Balaban J connectivity index is 1.31.